The second-order valence-corrected chi connectivity index (χ2v) is 5.66. The number of benzene rings is 1. The Morgan fingerprint density at radius 2 is 2.05 bits per heavy atom. The standard InChI is InChI=1S/C14H14BrClN2O/c1-10-13(16)9-17-18(10)8-2-3-14(19)11-4-6-12(15)7-5-11/h4-7,9H,2-3,8H2,1H3. The minimum atomic E-state index is 0.156. The van der Waals surface area contributed by atoms with E-state index in [0.717, 1.165) is 22.2 Å². The van der Waals surface area contributed by atoms with Crippen LogP contribution in [-0.2, 0) is 6.54 Å². The Morgan fingerprint density at radius 3 is 2.63 bits per heavy atom. The molecule has 5 heteroatoms. The van der Waals surface area contributed by atoms with Crippen molar-refractivity contribution in [1.82, 2.24) is 9.78 Å². The van der Waals surface area contributed by atoms with Crippen LogP contribution in [0.15, 0.2) is 34.9 Å². The minimum absolute atomic E-state index is 0.156. The number of rotatable bonds is 5. The molecule has 0 amide bonds. The van der Waals surface area contributed by atoms with Gasteiger partial charge in [-0.1, -0.05) is 39.7 Å². The molecule has 2 rings (SSSR count). The maximum absolute atomic E-state index is 12.0. The molecule has 100 valence electrons. The summed E-state index contributed by atoms with van der Waals surface area (Å²) < 4.78 is 2.81. The molecule has 0 saturated heterocycles. The maximum Gasteiger partial charge on any atom is 0.162 e. The summed E-state index contributed by atoms with van der Waals surface area (Å²) in [5, 5.41) is 4.83. The lowest BCUT2D eigenvalue weighted by Crippen LogP contribution is -2.05. The number of ketones is 1. The van der Waals surface area contributed by atoms with Gasteiger partial charge in [-0.2, -0.15) is 5.10 Å². The molecule has 2 aromatic rings. The zero-order valence-electron chi connectivity index (χ0n) is 10.6. The minimum Gasteiger partial charge on any atom is -0.294 e. The molecular formula is C14H14BrClN2O. The van der Waals surface area contributed by atoms with E-state index in [1.165, 1.54) is 0 Å². The first-order chi connectivity index (χ1) is 9.08. The van der Waals surface area contributed by atoms with Crippen LogP contribution in [0.5, 0.6) is 0 Å². The van der Waals surface area contributed by atoms with Gasteiger partial charge in [0.15, 0.2) is 5.78 Å². The number of aromatic nitrogens is 2. The first-order valence-electron chi connectivity index (χ1n) is 6.04. The van der Waals surface area contributed by atoms with Crippen LogP contribution in [0.4, 0.5) is 0 Å². The molecule has 0 aliphatic rings. The zero-order valence-corrected chi connectivity index (χ0v) is 12.9. The lowest BCUT2D eigenvalue weighted by Gasteiger charge is -2.04. The monoisotopic (exact) mass is 340 g/mol. The number of halogens is 2. The lowest BCUT2D eigenvalue weighted by molar-refractivity contribution is 0.0978. The van der Waals surface area contributed by atoms with E-state index in [-0.39, 0.29) is 5.78 Å². The van der Waals surface area contributed by atoms with Gasteiger partial charge in [0.05, 0.1) is 16.9 Å². The topological polar surface area (TPSA) is 34.9 Å². The molecule has 0 unspecified atom stereocenters. The van der Waals surface area contributed by atoms with E-state index in [9.17, 15) is 4.79 Å². The Bertz CT molecular complexity index is 578. The van der Waals surface area contributed by atoms with Gasteiger partial charge in [-0.15, -0.1) is 0 Å². The molecule has 0 N–H and O–H groups in total. The van der Waals surface area contributed by atoms with Crippen LogP contribution >= 0.6 is 27.5 Å². The number of hydrogen-bond donors (Lipinski definition) is 0. The molecule has 0 saturated carbocycles. The Kier molecular flexibility index (Phi) is 4.77. The Morgan fingerprint density at radius 1 is 1.37 bits per heavy atom. The van der Waals surface area contributed by atoms with Gasteiger partial charge in [0.2, 0.25) is 0 Å². The molecule has 0 atom stereocenters. The van der Waals surface area contributed by atoms with Crippen molar-refractivity contribution in [3.8, 4) is 0 Å². The fourth-order valence-corrected chi connectivity index (χ4v) is 2.22. The van der Waals surface area contributed by atoms with Crippen LogP contribution in [0.3, 0.4) is 0 Å². The van der Waals surface area contributed by atoms with Crippen LogP contribution in [0.1, 0.15) is 28.9 Å². The van der Waals surface area contributed by atoms with Gasteiger partial charge >= 0.3 is 0 Å². The first-order valence-corrected chi connectivity index (χ1v) is 7.21. The van der Waals surface area contributed by atoms with Gasteiger partial charge in [0.25, 0.3) is 0 Å². The van der Waals surface area contributed by atoms with Crippen molar-refractivity contribution in [3.05, 3.63) is 51.2 Å². The molecule has 0 spiro atoms. The van der Waals surface area contributed by atoms with Crippen LogP contribution in [-0.4, -0.2) is 15.6 Å². The molecule has 0 aliphatic heterocycles. The van der Waals surface area contributed by atoms with E-state index >= 15 is 0 Å². The molecule has 0 fully saturated rings. The van der Waals surface area contributed by atoms with Crippen molar-refractivity contribution in [2.75, 3.05) is 0 Å². The largest absolute Gasteiger partial charge is 0.294 e. The van der Waals surface area contributed by atoms with Crippen LogP contribution in [0.2, 0.25) is 5.02 Å². The summed E-state index contributed by atoms with van der Waals surface area (Å²) in [6.45, 7) is 2.63. The van der Waals surface area contributed by atoms with Crippen LogP contribution in [0.25, 0.3) is 0 Å². The number of nitrogens with zero attached hydrogens (tertiary/aromatic N) is 2. The van der Waals surface area contributed by atoms with Gasteiger partial charge in [0, 0.05) is 23.0 Å². The van der Waals surface area contributed by atoms with E-state index in [4.69, 9.17) is 11.6 Å². The van der Waals surface area contributed by atoms with Gasteiger partial charge < -0.3 is 0 Å². The van der Waals surface area contributed by atoms with Crippen molar-refractivity contribution >= 4 is 33.3 Å². The second kappa shape index (κ2) is 6.35. The average molecular weight is 342 g/mol. The number of Topliss-reactive ketones (excluding diaryl/α,β-unsaturated/α-hetero) is 1. The summed E-state index contributed by atoms with van der Waals surface area (Å²) in [5.41, 5.74) is 1.69. The molecule has 1 heterocycles. The van der Waals surface area contributed by atoms with E-state index in [1.54, 1.807) is 6.20 Å². The highest BCUT2D eigenvalue weighted by molar-refractivity contribution is 9.10. The summed E-state index contributed by atoms with van der Waals surface area (Å²) in [6, 6.07) is 7.43. The number of aryl methyl sites for hydroxylation is 1. The molecule has 1 aromatic carbocycles. The highest BCUT2D eigenvalue weighted by Gasteiger charge is 2.07. The van der Waals surface area contributed by atoms with Crippen molar-refractivity contribution in [1.29, 1.82) is 0 Å². The number of carbonyl (C=O) groups excluding carboxylic acids is 1. The Balaban J connectivity index is 1.87. The highest BCUT2D eigenvalue weighted by Crippen LogP contribution is 2.15. The third-order valence-corrected chi connectivity index (χ3v) is 3.88. The summed E-state index contributed by atoms with van der Waals surface area (Å²) in [6.07, 6.45) is 2.90. The molecule has 3 nitrogen and oxygen atoms in total. The first kappa shape index (κ1) is 14.3. The fourth-order valence-electron chi connectivity index (χ4n) is 1.82. The van der Waals surface area contributed by atoms with Gasteiger partial charge in [-0.3, -0.25) is 9.48 Å². The summed E-state index contributed by atoms with van der Waals surface area (Å²) in [5.74, 6) is 0.156. The molecule has 0 aliphatic carbocycles. The third-order valence-electron chi connectivity index (χ3n) is 2.98. The fraction of sp³-hybridized carbons (Fsp3) is 0.286. The number of hydrogen-bond acceptors (Lipinski definition) is 2. The molecular weight excluding hydrogens is 328 g/mol. The van der Waals surface area contributed by atoms with Crippen LogP contribution in [0, 0.1) is 6.92 Å². The molecule has 1 aromatic heterocycles. The maximum atomic E-state index is 12.0. The SMILES string of the molecule is Cc1c(Cl)cnn1CCCC(=O)c1ccc(Br)cc1. The van der Waals surface area contributed by atoms with Crippen molar-refractivity contribution < 1.29 is 4.79 Å². The van der Waals surface area contributed by atoms with E-state index in [1.807, 2.05) is 35.9 Å². The van der Waals surface area contributed by atoms with E-state index in [2.05, 4.69) is 21.0 Å². The van der Waals surface area contributed by atoms with E-state index in [0.29, 0.717) is 18.0 Å². The third kappa shape index (κ3) is 3.67. The van der Waals surface area contributed by atoms with Gasteiger partial charge in [-0.25, -0.2) is 0 Å². The molecule has 0 bridgehead atoms. The van der Waals surface area contributed by atoms with Crippen molar-refractivity contribution in [2.24, 2.45) is 0 Å². The summed E-state index contributed by atoms with van der Waals surface area (Å²) in [4.78, 5) is 12.0. The predicted octanol–water partition coefficient (Wildman–Crippen LogP) is 4.27. The number of carbonyl (C=O) groups is 1. The second-order valence-electron chi connectivity index (χ2n) is 4.33. The average Bonchev–Trinajstić information content (AvgIpc) is 2.71. The summed E-state index contributed by atoms with van der Waals surface area (Å²) >= 11 is 9.28. The predicted molar refractivity (Wildman–Crippen MR) is 79.7 cm³/mol. The van der Waals surface area contributed by atoms with Gasteiger partial charge in [0.1, 0.15) is 0 Å². The molecule has 0 radical (unpaired) electrons. The van der Waals surface area contributed by atoms with E-state index < -0.39 is 0 Å². The molecule has 19 heavy (non-hydrogen) atoms. The highest BCUT2D eigenvalue weighted by atomic mass is 79.9. The summed E-state index contributed by atoms with van der Waals surface area (Å²) in [7, 11) is 0. The van der Waals surface area contributed by atoms with Crippen molar-refractivity contribution in [2.45, 2.75) is 26.3 Å². The van der Waals surface area contributed by atoms with Gasteiger partial charge in [-0.05, 0) is 25.5 Å². The Hall–Kier alpha value is -1.13. The lowest BCUT2D eigenvalue weighted by atomic mass is 10.1. The zero-order chi connectivity index (χ0) is 13.8. The normalized spacial score (nSPS) is 10.7. The quantitative estimate of drug-likeness (QED) is 0.761. The van der Waals surface area contributed by atoms with Crippen molar-refractivity contribution in [3.63, 3.8) is 0 Å². The van der Waals surface area contributed by atoms with Crippen LogP contribution < -0.4 is 0 Å². The Labute approximate surface area is 125 Å². The smallest absolute Gasteiger partial charge is 0.162 e.